The molecule has 0 atom stereocenters. The smallest absolute Gasteiger partial charge is 0.240 e. The van der Waals surface area contributed by atoms with Crippen molar-refractivity contribution in [2.45, 2.75) is 53.1 Å². The minimum Gasteiger partial charge on any atom is -0.350 e. The predicted molar refractivity (Wildman–Crippen MR) is 64.2 cm³/mol. The summed E-state index contributed by atoms with van der Waals surface area (Å²) in [6.45, 7) is 10.4. The van der Waals surface area contributed by atoms with Gasteiger partial charge in [0, 0.05) is 11.2 Å². The molecule has 1 rings (SSSR count). The van der Waals surface area contributed by atoms with E-state index in [9.17, 15) is 4.79 Å². The Bertz CT molecular complexity index is 380. The molecule has 4 nitrogen and oxygen atoms in total. The van der Waals surface area contributed by atoms with Gasteiger partial charge in [-0.3, -0.25) is 4.79 Å². The van der Waals surface area contributed by atoms with E-state index in [0.717, 1.165) is 17.8 Å². The van der Waals surface area contributed by atoms with Crippen LogP contribution in [-0.4, -0.2) is 21.0 Å². The van der Waals surface area contributed by atoms with Crippen molar-refractivity contribution in [2.24, 2.45) is 0 Å². The fourth-order valence-corrected chi connectivity index (χ4v) is 1.36. The molecule has 0 bridgehead atoms. The van der Waals surface area contributed by atoms with E-state index in [4.69, 9.17) is 0 Å². The molecule has 1 amide bonds. The Morgan fingerprint density at radius 2 is 2.12 bits per heavy atom. The molecule has 0 radical (unpaired) electrons. The summed E-state index contributed by atoms with van der Waals surface area (Å²) in [4.78, 5) is 16.0. The molecule has 0 saturated carbocycles. The Labute approximate surface area is 97.1 Å². The summed E-state index contributed by atoms with van der Waals surface area (Å²) < 4.78 is 1.87. The van der Waals surface area contributed by atoms with E-state index in [-0.39, 0.29) is 11.4 Å². The zero-order valence-corrected chi connectivity index (χ0v) is 10.8. The standard InChI is InChI=1S/C12H21N3O/c1-6-12(4,5)14-11(16)7-15-8-13-9(2)10(15)3/h8H,6-7H2,1-5H3,(H,14,16). The highest BCUT2D eigenvalue weighted by Crippen LogP contribution is 2.08. The van der Waals surface area contributed by atoms with Gasteiger partial charge in [0.15, 0.2) is 0 Å². The lowest BCUT2D eigenvalue weighted by Gasteiger charge is -2.24. The number of carbonyl (C=O) groups excluding carboxylic acids is 1. The third kappa shape index (κ3) is 3.08. The lowest BCUT2D eigenvalue weighted by Crippen LogP contribution is -2.44. The number of nitrogens with zero attached hydrogens (tertiary/aromatic N) is 2. The number of rotatable bonds is 4. The van der Waals surface area contributed by atoms with Gasteiger partial charge in [0.1, 0.15) is 6.54 Å². The number of aryl methyl sites for hydroxylation is 1. The summed E-state index contributed by atoms with van der Waals surface area (Å²) >= 11 is 0. The molecule has 4 heteroatoms. The lowest BCUT2D eigenvalue weighted by atomic mass is 10.0. The van der Waals surface area contributed by atoms with Gasteiger partial charge < -0.3 is 9.88 Å². The van der Waals surface area contributed by atoms with Crippen molar-refractivity contribution < 1.29 is 4.79 Å². The Morgan fingerprint density at radius 3 is 2.56 bits per heavy atom. The van der Waals surface area contributed by atoms with E-state index < -0.39 is 0 Å². The van der Waals surface area contributed by atoms with Crippen molar-refractivity contribution in [3.63, 3.8) is 0 Å². The monoisotopic (exact) mass is 223 g/mol. The molecule has 90 valence electrons. The molecule has 1 aromatic heterocycles. The SMILES string of the molecule is CCC(C)(C)NC(=O)Cn1cnc(C)c1C. The predicted octanol–water partition coefficient (Wildman–Crippen LogP) is 1.80. The van der Waals surface area contributed by atoms with Crippen LogP contribution in [0.1, 0.15) is 38.6 Å². The van der Waals surface area contributed by atoms with Gasteiger partial charge in [0.25, 0.3) is 0 Å². The molecular weight excluding hydrogens is 202 g/mol. The molecule has 1 heterocycles. The van der Waals surface area contributed by atoms with Crippen LogP contribution >= 0.6 is 0 Å². The third-order valence-electron chi connectivity index (χ3n) is 3.02. The molecule has 16 heavy (non-hydrogen) atoms. The van der Waals surface area contributed by atoms with Crippen LogP contribution in [0.5, 0.6) is 0 Å². The molecule has 0 unspecified atom stereocenters. The Hall–Kier alpha value is -1.32. The molecular formula is C12H21N3O. The number of aromatic nitrogens is 2. The van der Waals surface area contributed by atoms with Gasteiger partial charge in [0.05, 0.1) is 12.0 Å². The number of hydrogen-bond donors (Lipinski definition) is 1. The number of nitrogens with one attached hydrogen (secondary N) is 1. The molecule has 0 spiro atoms. The number of carbonyl (C=O) groups is 1. The van der Waals surface area contributed by atoms with Crippen LogP contribution in [-0.2, 0) is 11.3 Å². The first-order chi connectivity index (χ1) is 7.35. The van der Waals surface area contributed by atoms with E-state index in [1.807, 2.05) is 32.3 Å². The lowest BCUT2D eigenvalue weighted by molar-refractivity contribution is -0.123. The summed E-state index contributed by atoms with van der Waals surface area (Å²) in [6.07, 6.45) is 2.63. The molecule has 0 aliphatic heterocycles. The molecule has 0 fully saturated rings. The van der Waals surface area contributed by atoms with E-state index in [1.165, 1.54) is 0 Å². The number of imidazole rings is 1. The highest BCUT2D eigenvalue weighted by Gasteiger charge is 2.18. The normalized spacial score (nSPS) is 11.6. The molecule has 1 N–H and O–H groups in total. The van der Waals surface area contributed by atoms with Crippen molar-refractivity contribution in [1.29, 1.82) is 0 Å². The first-order valence-electron chi connectivity index (χ1n) is 5.65. The highest BCUT2D eigenvalue weighted by atomic mass is 16.2. The molecule has 0 aliphatic rings. The number of amides is 1. The van der Waals surface area contributed by atoms with Crippen LogP contribution in [0.4, 0.5) is 0 Å². The van der Waals surface area contributed by atoms with Crippen LogP contribution in [0.2, 0.25) is 0 Å². The van der Waals surface area contributed by atoms with E-state index in [1.54, 1.807) is 6.33 Å². The van der Waals surface area contributed by atoms with Crippen LogP contribution in [0, 0.1) is 13.8 Å². The van der Waals surface area contributed by atoms with Crippen molar-refractivity contribution in [2.75, 3.05) is 0 Å². The van der Waals surface area contributed by atoms with Gasteiger partial charge in [-0.2, -0.15) is 0 Å². The van der Waals surface area contributed by atoms with Gasteiger partial charge in [0.2, 0.25) is 5.91 Å². The molecule has 0 aromatic carbocycles. The van der Waals surface area contributed by atoms with Gasteiger partial charge >= 0.3 is 0 Å². The maximum atomic E-state index is 11.8. The van der Waals surface area contributed by atoms with E-state index in [2.05, 4.69) is 17.2 Å². The van der Waals surface area contributed by atoms with Gasteiger partial charge in [-0.1, -0.05) is 6.92 Å². The van der Waals surface area contributed by atoms with Crippen LogP contribution in [0.15, 0.2) is 6.33 Å². The fourth-order valence-electron chi connectivity index (χ4n) is 1.36. The van der Waals surface area contributed by atoms with E-state index in [0.29, 0.717) is 6.54 Å². The Kier molecular flexibility index (Phi) is 3.73. The first kappa shape index (κ1) is 12.7. The minimum atomic E-state index is -0.138. The number of hydrogen-bond acceptors (Lipinski definition) is 2. The zero-order valence-electron chi connectivity index (χ0n) is 10.8. The second-order valence-corrected chi connectivity index (χ2v) is 4.83. The highest BCUT2D eigenvalue weighted by molar-refractivity contribution is 5.76. The maximum Gasteiger partial charge on any atom is 0.240 e. The molecule has 1 aromatic rings. The largest absolute Gasteiger partial charge is 0.350 e. The van der Waals surface area contributed by atoms with Crippen LogP contribution < -0.4 is 5.32 Å². The topological polar surface area (TPSA) is 46.9 Å². The minimum absolute atomic E-state index is 0.0346. The summed E-state index contributed by atoms with van der Waals surface area (Å²) in [5.74, 6) is 0.0346. The maximum absolute atomic E-state index is 11.8. The summed E-state index contributed by atoms with van der Waals surface area (Å²) in [5.41, 5.74) is 1.88. The third-order valence-corrected chi connectivity index (χ3v) is 3.02. The summed E-state index contributed by atoms with van der Waals surface area (Å²) in [6, 6.07) is 0. The van der Waals surface area contributed by atoms with Crippen LogP contribution in [0.3, 0.4) is 0 Å². The average molecular weight is 223 g/mol. The summed E-state index contributed by atoms with van der Waals surface area (Å²) in [7, 11) is 0. The molecule has 0 saturated heterocycles. The van der Waals surface area contributed by atoms with Crippen molar-refractivity contribution in [3.8, 4) is 0 Å². The van der Waals surface area contributed by atoms with E-state index >= 15 is 0 Å². The average Bonchev–Trinajstić information content (AvgIpc) is 2.49. The van der Waals surface area contributed by atoms with Gasteiger partial charge in [-0.15, -0.1) is 0 Å². The quantitative estimate of drug-likeness (QED) is 0.846. The van der Waals surface area contributed by atoms with Crippen LogP contribution in [0.25, 0.3) is 0 Å². The zero-order chi connectivity index (χ0) is 12.3. The second kappa shape index (κ2) is 4.68. The van der Waals surface area contributed by atoms with Gasteiger partial charge in [-0.25, -0.2) is 4.98 Å². The fraction of sp³-hybridized carbons (Fsp3) is 0.667. The van der Waals surface area contributed by atoms with Gasteiger partial charge in [-0.05, 0) is 34.1 Å². The Morgan fingerprint density at radius 1 is 1.50 bits per heavy atom. The summed E-state index contributed by atoms with van der Waals surface area (Å²) in [5, 5.41) is 3.00. The Balaban J connectivity index is 2.62. The second-order valence-electron chi connectivity index (χ2n) is 4.83. The molecule has 0 aliphatic carbocycles. The van der Waals surface area contributed by atoms with Crippen molar-refractivity contribution >= 4 is 5.91 Å². The van der Waals surface area contributed by atoms with Crippen molar-refractivity contribution in [3.05, 3.63) is 17.7 Å². The first-order valence-corrected chi connectivity index (χ1v) is 5.65. The van der Waals surface area contributed by atoms with Crippen molar-refractivity contribution in [1.82, 2.24) is 14.9 Å².